The lowest BCUT2D eigenvalue weighted by atomic mass is 9.84. The Labute approximate surface area is 147 Å². The molecule has 1 heterocycles. The van der Waals surface area contributed by atoms with Gasteiger partial charge in [0.15, 0.2) is 0 Å². The van der Waals surface area contributed by atoms with Crippen LogP contribution in [0.25, 0.3) is 0 Å². The molecule has 0 saturated carbocycles. The molecular formula is C20H21N3O2. The van der Waals surface area contributed by atoms with Crippen molar-refractivity contribution in [3.63, 3.8) is 0 Å². The number of carbonyl (C=O) groups is 1. The summed E-state index contributed by atoms with van der Waals surface area (Å²) in [6.45, 7) is 4.34. The summed E-state index contributed by atoms with van der Waals surface area (Å²) >= 11 is 0. The molecule has 0 fully saturated rings. The Morgan fingerprint density at radius 2 is 1.84 bits per heavy atom. The maximum absolute atomic E-state index is 12.0. The van der Waals surface area contributed by atoms with Gasteiger partial charge < -0.3 is 10.0 Å². The van der Waals surface area contributed by atoms with Crippen molar-refractivity contribution in [1.82, 2.24) is 5.43 Å². The number of phenolic OH excluding ortho intramolecular Hbond substituents is 1. The van der Waals surface area contributed by atoms with Gasteiger partial charge in [-0.25, -0.2) is 5.43 Å². The van der Waals surface area contributed by atoms with Crippen molar-refractivity contribution >= 4 is 17.8 Å². The van der Waals surface area contributed by atoms with E-state index in [1.165, 1.54) is 23.4 Å². The number of allylic oxidation sites excluding steroid dienone is 2. The van der Waals surface area contributed by atoms with Crippen LogP contribution in [0.5, 0.6) is 5.75 Å². The van der Waals surface area contributed by atoms with Gasteiger partial charge in [-0.15, -0.1) is 0 Å². The number of phenols is 1. The van der Waals surface area contributed by atoms with Crippen LogP contribution >= 0.6 is 0 Å². The number of hydrogen-bond donors (Lipinski definition) is 2. The Morgan fingerprint density at radius 3 is 2.52 bits per heavy atom. The maximum Gasteiger partial charge on any atom is 0.271 e. The van der Waals surface area contributed by atoms with Gasteiger partial charge in [-0.05, 0) is 42.0 Å². The Morgan fingerprint density at radius 1 is 1.16 bits per heavy atom. The van der Waals surface area contributed by atoms with Gasteiger partial charge in [0.05, 0.1) is 0 Å². The molecule has 5 nitrogen and oxygen atoms in total. The first-order valence-electron chi connectivity index (χ1n) is 8.07. The highest BCUT2D eigenvalue weighted by molar-refractivity contribution is 5.94. The van der Waals surface area contributed by atoms with Crippen molar-refractivity contribution in [2.45, 2.75) is 19.3 Å². The first kappa shape index (κ1) is 16.8. The van der Waals surface area contributed by atoms with Crippen LogP contribution in [0.3, 0.4) is 0 Å². The van der Waals surface area contributed by atoms with Crippen LogP contribution in [0.2, 0.25) is 0 Å². The molecule has 1 amide bonds. The molecule has 1 aliphatic heterocycles. The minimum Gasteiger partial charge on any atom is -0.508 e. The van der Waals surface area contributed by atoms with Gasteiger partial charge in [0.2, 0.25) is 0 Å². The number of hydrazone groups is 1. The number of likely N-dealkylation sites (N-methyl/N-ethyl adjacent to an activating group) is 1. The largest absolute Gasteiger partial charge is 0.508 e. The molecule has 2 N–H and O–H groups in total. The Hall–Kier alpha value is -3.08. The van der Waals surface area contributed by atoms with E-state index in [-0.39, 0.29) is 17.1 Å². The summed E-state index contributed by atoms with van der Waals surface area (Å²) < 4.78 is 0. The summed E-state index contributed by atoms with van der Waals surface area (Å²) in [4.78, 5) is 14.1. The van der Waals surface area contributed by atoms with Crippen molar-refractivity contribution in [3.05, 3.63) is 71.4 Å². The lowest BCUT2D eigenvalue weighted by molar-refractivity contribution is 0.0955. The topological polar surface area (TPSA) is 64.9 Å². The average Bonchev–Trinajstić information content (AvgIpc) is 2.79. The second-order valence-corrected chi connectivity index (χ2v) is 6.52. The number of carbonyl (C=O) groups excluding carboxylic acids is 1. The Kier molecular flexibility index (Phi) is 4.31. The van der Waals surface area contributed by atoms with E-state index in [1.807, 2.05) is 25.3 Å². The summed E-state index contributed by atoms with van der Waals surface area (Å²) in [6.07, 6.45) is 3.51. The van der Waals surface area contributed by atoms with E-state index in [9.17, 15) is 9.90 Å². The third-order valence-corrected chi connectivity index (χ3v) is 4.54. The number of nitrogens with zero attached hydrogens (tertiary/aromatic N) is 2. The van der Waals surface area contributed by atoms with E-state index in [0.29, 0.717) is 5.56 Å². The average molecular weight is 335 g/mol. The fourth-order valence-electron chi connectivity index (χ4n) is 3.18. The van der Waals surface area contributed by atoms with E-state index >= 15 is 0 Å². The standard InChI is InChI=1S/C20H21N3O2/c1-20(2)16-6-4-5-7-17(16)23(3)18(20)12-13-21-22-19(25)14-8-10-15(24)11-9-14/h4-13,24H,1-3H3,(H,22,25)/b18-12-,21-13-. The zero-order valence-electron chi connectivity index (χ0n) is 14.5. The van der Waals surface area contributed by atoms with Crippen molar-refractivity contribution in [1.29, 1.82) is 0 Å². The first-order valence-corrected chi connectivity index (χ1v) is 8.07. The molecule has 0 atom stereocenters. The molecule has 1 aliphatic rings. The van der Waals surface area contributed by atoms with E-state index < -0.39 is 0 Å². The normalized spacial score (nSPS) is 17.1. The third-order valence-electron chi connectivity index (χ3n) is 4.54. The molecule has 3 rings (SSSR count). The van der Waals surface area contributed by atoms with Gasteiger partial charge in [0.25, 0.3) is 5.91 Å². The number of amides is 1. The maximum atomic E-state index is 12.0. The molecule has 25 heavy (non-hydrogen) atoms. The van der Waals surface area contributed by atoms with E-state index in [1.54, 1.807) is 18.3 Å². The molecule has 0 spiro atoms. The minimum atomic E-state index is -0.322. The number of fused-ring (bicyclic) bond motifs is 1. The second kappa shape index (κ2) is 6.43. The van der Waals surface area contributed by atoms with Crippen LogP contribution in [-0.2, 0) is 5.41 Å². The van der Waals surface area contributed by atoms with Crippen molar-refractivity contribution in [3.8, 4) is 5.75 Å². The highest BCUT2D eigenvalue weighted by Gasteiger charge is 2.37. The van der Waals surface area contributed by atoms with E-state index in [0.717, 1.165) is 5.70 Å². The number of nitrogens with one attached hydrogen (secondary N) is 1. The lowest BCUT2D eigenvalue weighted by Gasteiger charge is -2.23. The van der Waals surface area contributed by atoms with E-state index in [4.69, 9.17) is 0 Å². The number of benzene rings is 2. The fraction of sp³-hybridized carbons (Fsp3) is 0.200. The van der Waals surface area contributed by atoms with Crippen LogP contribution in [-0.4, -0.2) is 24.3 Å². The number of hydrogen-bond acceptors (Lipinski definition) is 4. The second-order valence-electron chi connectivity index (χ2n) is 6.52. The third kappa shape index (κ3) is 3.13. The molecule has 5 heteroatoms. The highest BCUT2D eigenvalue weighted by Crippen LogP contribution is 2.46. The van der Waals surface area contributed by atoms with Gasteiger partial charge >= 0.3 is 0 Å². The van der Waals surface area contributed by atoms with Crippen molar-refractivity contribution in [2.75, 3.05) is 11.9 Å². The number of aromatic hydroxyl groups is 1. The smallest absolute Gasteiger partial charge is 0.271 e. The summed E-state index contributed by atoms with van der Waals surface area (Å²) in [5.74, 6) is -0.201. The van der Waals surface area contributed by atoms with Gasteiger partial charge in [-0.3, -0.25) is 4.79 Å². The Bertz CT molecular complexity index is 851. The van der Waals surface area contributed by atoms with Crippen LogP contribution in [0, 0.1) is 0 Å². The molecule has 0 saturated heterocycles. The van der Waals surface area contributed by atoms with Gasteiger partial charge in [-0.1, -0.05) is 32.0 Å². The Balaban J connectivity index is 1.73. The monoisotopic (exact) mass is 335 g/mol. The van der Waals surface area contributed by atoms with Crippen LogP contribution in [0.15, 0.2) is 65.4 Å². The minimum absolute atomic E-state index is 0.121. The predicted octanol–water partition coefficient (Wildman–Crippen LogP) is 3.42. The summed E-state index contributed by atoms with van der Waals surface area (Å²) in [7, 11) is 2.03. The highest BCUT2D eigenvalue weighted by atomic mass is 16.3. The summed E-state index contributed by atoms with van der Waals surface area (Å²) in [5.41, 5.74) is 6.36. The van der Waals surface area contributed by atoms with Gasteiger partial charge in [0, 0.05) is 35.6 Å². The number of anilines is 1. The number of rotatable bonds is 3. The van der Waals surface area contributed by atoms with Crippen LogP contribution < -0.4 is 10.3 Å². The predicted molar refractivity (Wildman–Crippen MR) is 100 cm³/mol. The summed E-state index contributed by atoms with van der Waals surface area (Å²) in [6, 6.07) is 14.3. The SMILES string of the molecule is CN1/C(=C\C=N/NC(=O)c2ccc(O)cc2)C(C)(C)c2ccccc21. The molecule has 0 radical (unpaired) electrons. The van der Waals surface area contributed by atoms with Crippen molar-refractivity contribution < 1.29 is 9.90 Å². The number of para-hydroxylation sites is 1. The molecule has 0 aromatic heterocycles. The molecule has 2 aromatic rings. The van der Waals surface area contributed by atoms with E-state index in [2.05, 4.69) is 41.4 Å². The van der Waals surface area contributed by atoms with Crippen molar-refractivity contribution in [2.24, 2.45) is 5.10 Å². The zero-order valence-corrected chi connectivity index (χ0v) is 14.5. The fourth-order valence-corrected chi connectivity index (χ4v) is 3.18. The molecule has 0 bridgehead atoms. The van der Waals surface area contributed by atoms with Gasteiger partial charge in [0.1, 0.15) is 5.75 Å². The zero-order chi connectivity index (χ0) is 18.0. The molecule has 0 aliphatic carbocycles. The summed E-state index contributed by atoms with van der Waals surface area (Å²) in [5, 5.41) is 13.3. The molecule has 2 aromatic carbocycles. The van der Waals surface area contributed by atoms with Crippen LogP contribution in [0.1, 0.15) is 29.8 Å². The van der Waals surface area contributed by atoms with Crippen LogP contribution in [0.4, 0.5) is 5.69 Å². The molecular weight excluding hydrogens is 314 g/mol. The molecule has 128 valence electrons. The quantitative estimate of drug-likeness (QED) is 0.667. The van der Waals surface area contributed by atoms with Gasteiger partial charge in [-0.2, -0.15) is 5.10 Å². The molecule has 0 unspecified atom stereocenters. The lowest BCUT2D eigenvalue weighted by Crippen LogP contribution is -2.23. The first-order chi connectivity index (χ1) is 11.9.